The molecule has 4 nitrogen and oxygen atoms in total. The number of methoxy groups -OCH3 is 2. The molecule has 0 aliphatic carbocycles. The highest BCUT2D eigenvalue weighted by Crippen LogP contribution is 2.26. The third kappa shape index (κ3) is 2.90. The van der Waals surface area contributed by atoms with E-state index >= 15 is 0 Å². The van der Waals surface area contributed by atoms with E-state index in [0.717, 1.165) is 6.29 Å². The first kappa shape index (κ1) is 12.2. The molecule has 0 heterocycles. The lowest BCUT2D eigenvalue weighted by Gasteiger charge is -2.06. The molecule has 1 rings (SSSR count). The van der Waals surface area contributed by atoms with Gasteiger partial charge in [-0.05, 0) is 18.2 Å². The third-order valence-electron chi connectivity index (χ3n) is 1.54. The second kappa shape index (κ2) is 6.65. The summed E-state index contributed by atoms with van der Waals surface area (Å²) in [5.74, 6) is 1.20. The Balaban J connectivity index is 0.000000791. The molecule has 0 N–H and O–H groups in total. The van der Waals surface area contributed by atoms with E-state index < -0.39 is 0 Å². The minimum Gasteiger partial charge on any atom is -0.493 e. The number of rotatable bonds is 3. The molecule has 0 saturated carbocycles. The summed E-state index contributed by atoms with van der Waals surface area (Å²) in [7, 11) is 3.09. The minimum absolute atomic E-state index is 0.571. The van der Waals surface area contributed by atoms with Crippen molar-refractivity contribution in [2.45, 2.75) is 0 Å². The molecule has 0 aliphatic heterocycles. The van der Waals surface area contributed by atoms with E-state index in [2.05, 4.69) is 0 Å². The molecule has 14 heavy (non-hydrogen) atoms. The Morgan fingerprint density at radius 1 is 1.14 bits per heavy atom. The van der Waals surface area contributed by atoms with Gasteiger partial charge < -0.3 is 14.3 Å². The molecule has 4 heteroatoms. The third-order valence-corrected chi connectivity index (χ3v) is 1.54. The minimum atomic E-state index is 0.571. The maximum Gasteiger partial charge on any atom is 0.161 e. The van der Waals surface area contributed by atoms with E-state index in [9.17, 15) is 4.79 Å². The van der Waals surface area contributed by atoms with Crippen LogP contribution in [-0.2, 0) is 4.79 Å². The summed E-state index contributed by atoms with van der Waals surface area (Å²) in [6, 6.07) is 5.00. The fourth-order valence-electron chi connectivity index (χ4n) is 0.926. The number of benzene rings is 1. The Kier molecular flexibility index (Phi) is 5.78. The van der Waals surface area contributed by atoms with Crippen molar-refractivity contribution in [1.29, 1.82) is 0 Å². The highest BCUT2D eigenvalue weighted by Gasteiger charge is 2.02. The van der Waals surface area contributed by atoms with Crippen LogP contribution in [0.2, 0.25) is 0 Å². The Hall–Kier alpha value is -1.84. The summed E-state index contributed by atoms with van der Waals surface area (Å²) in [6.07, 6.45) is 0.766. The van der Waals surface area contributed by atoms with E-state index in [4.69, 9.17) is 14.3 Å². The SMILES string of the molecule is C=O.COc1ccc(C=O)cc1OC. The monoisotopic (exact) mass is 196 g/mol. The first-order chi connectivity index (χ1) is 6.81. The molecule has 1 aromatic rings. The fourth-order valence-corrected chi connectivity index (χ4v) is 0.926. The van der Waals surface area contributed by atoms with Crippen LogP contribution < -0.4 is 9.47 Å². The van der Waals surface area contributed by atoms with Gasteiger partial charge in [-0.3, -0.25) is 4.79 Å². The summed E-state index contributed by atoms with van der Waals surface area (Å²) in [6.45, 7) is 2.00. The van der Waals surface area contributed by atoms with Crippen LogP contribution in [0.25, 0.3) is 0 Å². The second-order valence-corrected chi connectivity index (χ2v) is 2.23. The van der Waals surface area contributed by atoms with Gasteiger partial charge >= 0.3 is 0 Å². The molecule has 0 radical (unpaired) electrons. The molecule has 0 atom stereocenters. The van der Waals surface area contributed by atoms with Crippen LogP contribution >= 0.6 is 0 Å². The normalized spacial score (nSPS) is 8.14. The lowest BCUT2D eigenvalue weighted by molar-refractivity contribution is -0.0979. The smallest absolute Gasteiger partial charge is 0.161 e. The molecule has 0 aliphatic rings. The van der Waals surface area contributed by atoms with Gasteiger partial charge in [0.25, 0.3) is 0 Å². The van der Waals surface area contributed by atoms with Gasteiger partial charge in [-0.2, -0.15) is 0 Å². The van der Waals surface area contributed by atoms with Crippen molar-refractivity contribution in [3.8, 4) is 11.5 Å². The van der Waals surface area contributed by atoms with Crippen LogP contribution in [0, 0.1) is 0 Å². The summed E-state index contributed by atoms with van der Waals surface area (Å²) in [5.41, 5.74) is 0.577. The Bertz CT molecular complexity index is 296. The molecule has 0 fully saturated rings. The van der Waals surface area contributed by atoms with Crippen molar-refractivity contribution in [2.75, 3.05) is 14.2 Å². The topological polar surface area (TPSA) is 52.6 Å². The molecule has 0 unspecified atom stereocenters. The van der Waals surface area contributed by atoms with Crippen LogP contribution in [0.4, 0.5) is 0 Å². The number of hydrogen-bond donors (Lipinski definition) is 0. The summed E-state index contributed by atoms with van der Waals surface area (Å²) >= 11 is 0. The maximum absolute atomic E-state index is 10.4. The number of aldehydes is 1. The maximum atomic E-state index is 10.4. The lowest BCUT2D eigenvalue weighted by atomic mass is 10.2. The van der Waals surface area contributed by atoms with Crippen molar-refractivity contribution in [3.05, 3.63) is 23.8 Å². The molecule has 0 saturated heterocycles. The number of hydrogen-bond acceptors (Lipinski definition) is 4. The van der Waals surface area contributed by atoms with Crippen molar-refractivity contribution >= 4 is 13.1 Å². The highest BCUT2D eigenvalue weighted by atomic mass is 16.5. The van der Waals surface area contributed by atoms with Gasteiger partial charge in [0.15, 0.2) is 11.5 Å². The molecule has 0 amide bonds. The number of ether oxygens (including phenoxy) is 2. The zero-order valence-electron chi connectivity index (χ0n) is 8.15. The first-order valence-corrected chi connectivity index (χ1v) is 3.78. The Labute approximate surface area is 82.4 Å². The summed E-state index contributed by atoms with van der Waals surface area (Å²) < 4.78 is 9.99. The van der Waals surface area contributed by atoms with Gasteiger partial charge in [0.05, 0.1) is 14.2 Å². The predicted molar refractivity (Wildman–Crippen MR) is 52.1 cm³/mol. The van der Waals surface area contributed by atoms with Crippen LogP contribution in [0.1, 0.15) is 10.4 Å². The van der Waals surface area contributed by atoms with Crippen LogP contribution in [-0.4, -0.2) is 27.3 Å². The molecule has 76 valence electrons. The number of carbonyl (C=O) groups is 2. The summed E-state index contributed by atoms with van der Waals surface area (Å²) in [5, 5.41) is 0. The second-order valence-electron chi connectivity index (χ2n) is 2.23. The van der Waals surface area contributed by atoms with Crippen molar-refractivity contribution in [1.82, 2.24) is 0 Å². The Morgan fingerprint density at radius 3 is 2.14 bits per heavy atom. The van der Waals surface area contributed by atoms with Crippen LogP contribution in [0.5, 0.6) is 11.5 Å². The largest absolute Gasteiger partial charge is 0.493 e. The van der Waals surface area contributed by atoms with Crippen molar-refractivity contribution < 1.29 is 19.1 Å². The molecule has 0 spiro atoms. The zero-order valence-corrected chi connectivity index (χ0v) is 8.15. The fraction of sp³-hybridized carbons (Fsp3) is 0.200. The molecule has 0 aromatic heterocycles. The van der Waals surface area contributed by atoms with Gasteiger partial charge in [0.1, 0.15) is 13.1 Å². The molecule has 1 aromatic carbocycles. The van der Waals surface area contributed by atoms with Crippen LogP contribution in [0.15, 0.2) is 18.2 Å². The molecular formula is C10H12O4. The molecular weight excluding hydrogens is 184 g/mol. The zero-order chi connectivity index (χ0) is 11.0. The van der Waals surface area contributed by atoms with Gasteiger partial charge in [0, 0.05) is 5.56 Å². The number of carbonyl (C=O) groups excluding carboxylic acids is 2. The van der Waals surface area contributed by atoms with Gasteiger partial charge in [-0.15, -0.1) is 0 Å². The van der Waals surface area contributed by atoms with Crippen LogP contribution in [0.3, 0.4) is 0 Å². The Morgan fingerprint density at radius 2 is 1.71 bits per heavy atom. The average Bonchev–Trinajstić information content (AvgIpc) is 2.30. The van der Waals surface area contributed by atoms with E-state index in [-0.39, 0.29) is 0 Å². The molecule has 0 bridgehead atoms. The lowest BCUT2D eigenvalue weighted by Crippen LogP contribution is -1.91. The average molecular weight is 196 g/mol. The highest BCUT2D eigenvalue weighted by molar-refractivity contribution is 5.76. The van der Waals surface area contributed by atoms with Gasteiger partial charge in [-0.25, -0.2) is 0 Å². The first-order valence-electron chi connectivity index (χ1n) is 3.78. The quantitative estimate of drug-likeness (QED) is 0.684. The van der Waals surface area contributed by atoms with E-state index in [1.54, 1.807) is 25.3 Å². The van der Waals surface area contributed by atoms with Crippen molar-refractivity contribution in [3.63, 3.8) is 0 Å². The van der Waals surface area contributed by atoms with Crippen molar-refractivity contribution in [2.24, 2.45) is 0 Å². The van der Waals surface area contributed by atoms with E-state index in [1.165, 1.54) is 7.11 Å². The van der Waals surface area contributed by atoms with E-state index in [0.29, 0.717) is 17.1 Å². The van der Waals surface area contributed by atoms with E-state index in [1.807, 2.05) is 6.79 Å². The summed E-state index contributed by atoms with van der Waals surface area (Å²) in [4.78, 5) is 18.4. The van der Waals surface area contributed by atoms with Gasteiger partial charge in [-0.1, -0.05) is 0 Å². The predicted octanol–water partition coefficient (Wildman–Crippen LogP) is 1.33. The standard InChI is InChI=1S/C9H10O3.CH2O/c1-11-8-4-3-7(6-10)5-9(8)12-2;1-2/h3-6H,1-2H3;1H2. The van der Waals surface area contributed by atoms with Gasteiger partial charge in [0.2, 0.25) is 0 Å².